The number of rotatable bonds is 7. The summed E-state index contributed by atoms with van der Waals surface area (Å²) in [5.41, 5.74) is 10.3. The molecule has 52 heavy (non-hydrogen) atoms. The summed E-state index contributed by atoms with van der Waals surface area (Å²) in [5.74, 6) is 0.0362. The molecule has 0 saturated heterocycles. The largest absolute Gasteiger partial charge is 0.501 e. The van der Waals surface area contributed by atoms with Crippen molar-refractivity contribution in [2.24, 2.45) is 0 Å². The molecule has 0 amide bonds. The molecule has 1 unspecified atom stereocenters. The summed E-state index contributed by atoms with van der Waals surface area (Å²) in [6.07, 6.45) is 4.68. The fourth-order valence-electron chi connectivity index (χ4n) is 6.27. The van der Waals surface area contributed by atoms with Crippen molar-refractivity contribution in [3.8, 4) is 22.5 Å². The topological polar surface area (TPSA) is 38.9 Å². The normalized spacial score (nSPS) is 11.8. The molecule has 8 rings (SSSR count). The number of nitrogens with zero attached hydrogens (tertiary/aromatic N) is 2. The van der Waals surface area contributed by atoms with Crippen molar-refractivity contribution in [3.63, 3.8) is 0 Å². The van der Waals surface area contributed by atoms with Gasteiger partial charge in [-0.1, -0.05) is 122 Å². The molecule has 0 aliphatic carbocycles. The zero-order valence-electron chi connectivity index (χ0n) is 29.7. The van der Waals surface area contributed by atoms with Crippen LogP contribution in [-0.4, -0.2) is 18.0 Å². The van der Waals surface area contributed by atoms with Gasteiger partial charge in [-0.15, -0.1) is 48.0 Å². The van der Waals surface area contributed by atoms with Gasteiger partial charge in [0.15, 0.2) is 0 Å². The summed E-state index contributed by atoms with van der Waals surface area (Å²) < 4.78 is 19.1. The quantitative estimate of drug-likeness (QED) is 0.118. The van der Waals surface area contributed by atoms with E-state index in [0.29, 0.717) is 5.92 Å². The minimum atomic E-state index is -1.30. The van der Waals surface area contributed by atoms with Crippen LogP contribution in [-0.2, 0) is 26.5 Å². The van der Waals surface area contributed by atoms with Gasteiger partial charge in [-0.2, -0.15) is 0 Å². The molecule has 6 heteroatoms. The molecule has 0 N–H and O–H groups in total. The fraction of sp³-hybridized carbons (Fsp3) is 0.130. The minimum absolute atomic E-state index is 0. The number of halogens is 1. The molecule has 0 aliphatic heterocycles. The Balaban J connectivity index is 0.000000218. The van der Waals surface area contributed by atoms with Crippen LogP contribution in [0.25, 0.3) is 44.5 Å². The van der Waals surface area contributed by atoms with Gasteiger partial charge in [0, 0.05) is 49.6 Å². The number of hydrogen-bond acceptors (Lipinski definition) is 3. The maximum absolute atomic E-state index is 12.8. The van der Waals surface area contributed by atoms with Crippen LogP contribution in [0.5, 0.6) is 0 Å². The van der Waals surface area contributed by atoms with Crippen LogP contribution < -0.4 is 5.19 Å². The average molecular weight is 875 g/mol. The van der Waals surface area contributed by atoms with Crippen LogP contribution in [0.15, 0.2) is 150 Å². The van der Waals surface area contributed by atoms with Gasteiger partial charge in [0.2, 0.25) is 0 Å². The smallest absolute Gasteiger partial charge is 0.120 e. The van der Waals surface area contributed by atoms with Gasteiger partial charge in [0.05, 0.1) is 13.7 Å². The molecule has 0 spiro atoms. The first-order valence-corrected chi connectivity index (χ1v) is 20.8. The molecule has 1 atom stereocenters. The van der Waals surface area contributed by atoms with Gasteiger partial charge in [0.1, 0.15) is 5.58 Å². The summed E-state index contributed by atoms with van der Waals surface area (Å²) in [7, 11) is -1.30. The van der Waals surface area contributed by atoms with Gasteiger partial charge in [-0.3, -0.25) is 4.39 Å². The van der Waals surface area contributed by atoms with Gasteiger partial charge in [-0.25, -0.2) is 0 Å². The van der Waals surface area contributed by atoms with Crippen molar-refractivity contribution in [2.45, 2.75) is 38.9 Å². The second kappa shape index (κ2) is 16.1. The Bertz CT molecular complexity index is 2390. The van der Waals surface area contributed by atoms with Crippen LogP contribution >= 0.6 is 0 Å². The summed E-state index contributed by atoms with van der Waals surface area (Å²) in [5, 5.41) is 3.55. The number of hydrogen-bond donors (Lipinski definition) is 0. The molecule has 261 valence electrons. The average Bonchev–Trinajstić information content (AvgIpc) is 3.54. The molecular weight excluding hydrogens is 836 g/mol. The van der Waals surface area contributed by atoms with Gasteiger partial charge in [-0.05, 0) is 63.4 Å². The monoisotopic (exact) mass is 875 g/mol. The Morgan fingerprint density at radius 1 is 0.712 bits per heavy atom. The molecule has 3 nitrogen and oxygen atoms in total. The first kappa shape index (κ1) is 36.8. The van der Waals surface area contributed by atoms with E-state index in [-0.39, 0.29) is 25.9 Å². The van der Waals surface area contributed by atoms with Crippen molar-refractivity contribution < 1.29 is 28.9 Å². The van der Waals surface area contributed by atoms with Gasteiger partial charge >= 0.3 is 0 Å². The van der Waals surface area contributed by atoms with E-state index >= 15 is 0 Å². The van der Waals surface area contributed by atoms with Crippen molar-refractivity contribution >= 4 is 35.2 Å². The number of aromatic nitrogens is 2. The first-order valence-electron chi connectivity index (χ1n) is 17.3. The van der Waals surface area contributed by atoms with Crippen molar-refractivity contribution in [2.75, 3.05) is 0 Å². The zero-order chi connectivity index (χ0) is 35.4. The van der Waals surface area contributed by atoms with E-state index in [9.17, 15) is 4.39 Å². The molecule has 1 radical (unpaired) electrons. The van der Waals surface area contributed by atoms with Crippen LogP contribution in [0.3, 0.4) is 0 Å². The fourth-order valence-corrected chi connectivity index (χ4v) is 7.30. The predicted molar refractivity (Wildman–Crippen MR) is 210 cm³/mol. The second-order valence-electron chi connectivity index (χ2n) is 13.9. The van der Waals surface area contributed by atoms with Gasteiger partial charge < -0.3 is 14.4 Å². The van der Waals surface area contributed by atoms with E-state index in [1.54, 1.807) is 6.07 Å². The Kier molecular flexibility index (Phi) is 11.4. The SMILES string of the molecule is CC(c1ccccc1)c1ccc2oc3c(-c4cc(Cc5ccccc5)ccn4)[c-]ccc3c2c1.C[Si](C)(C)c1ccc(-c2[c-]cc(F)cc2)nc1.[Ir]. The molecule has 0 saturated carbocycles. The first-order chi connectivity index (χ1) is 24.7. The summed E-state index contributed by atoms with van der Waals surface area (Å²) >= 11 is 0. The van der Waals surface area contributed by atoms with Crippen LogP contribution in [0.4, 0.5) is 4.39 Å². The van der Waals surface area contributed by atoms with E-state index in [2.05, 4.69) is 146 Å². The summed E-state index contributed by atoms with van der Waals surface area (Å²) in [4.78, 5) is 9.09. The zero-order valence-corrected chi connectivity index (χ0v) is 33.0. The van der Waals surface area contributed by atoms with Crippen LogP contribution in [0.2, 0.25) is 19.6 Å². The number of benzene rings is 5. The molecule has 8 aromatic rings. The molecule has 3 aromatic heterocycles. The van der Waals surface area contributed by atoms with E-state index in [1.807, 2.05) is 30.6 Å². The minimum Gasteiger partial charge on any atom is -0.501 e. The van der Waals surface area contributed by atoms with Crippen molar-refractivity contribution in [3.05, 3.63) is 186 Å². The maximum Gasteiger partial charge on any atom is 0.120 e. The number of furan rings is 1. The molecule has 5 aromatic carbocycles. The maximum atomic E-state index is 12.8. The molecule has 3 heterocycles. The standard InChI is InChI=1S/C32H24NO.C14H15FNSi.Ir/c1-22(25-11-6-3-7-12-25)26-15-16-31-29(21-26)27-13-8-14-28(32(27)34-31)30-20-24(17-18-33-30)19-23-9-4-2-5-10-23;1-17(2,3)13-8-9-14(16-10-13)11-4-6-12(15)7-5-11;/h2-13,15-18,20-22H,19H2,1H3;4,6-10H,1-3H3;/q2*-1;. The molecule has 0 aliphatic rings. The number of fused-ring (bicyclic) bond motifs is 3. The third-order valence-corrected chi connectivity index (χ3v) is 11.3. The third kappa shape index (κ3) is 8.37. The van der Waals surface area contributed by atoms with Crippen LogP contribution in [0, 0.1) is 17.9 Å². The Morgan fingerprint density at radius 3 is 2.17 bits per heavy atom. The molecule has 0 fully saturated rings. The Labute approximate surface area is 320 Å². The van der Waals surface area contributed by atoms with E-state index in [0.717, 1.165) is 50.9 Å². The van der Waals surface area contributed by atoms with E-state index in [1.165, 1.54) is 39.6 Å². The molecular formula is C46H39FIrN2OSi-2. The van der Waals surface area contributed by atoms with E-state index < -0.39 is 8.07 Å². The van der Waals surface area contributed by atoms with Crippen LogP contribution in [0.1, 0.15) is 35.1 Å². The Morgan fingerprint density at radius 2 is 1.48 bits per heavy atom. The third-order valence-electron chi connectivity index (χ3n) is 9.27. The van der Waals surface area contributed by atoms with Gasteiger partial charge in [0.25, 0.3) is 0 Å². The summed E-state index contributed by atoms with van der Waals surface area (Å²) in [6.45, 7) is 9.11. The predicted octanol–water partition coefficient (Wildman–Crippen LogP) is 11.4. The second-order valence-corrected chi connectivity index (χ2v) is 19.0. The summed E-state index contributed by atoms with van der Waals surface area (Å²) in [6, 6.07) is 50.8. The Hall–Kier alpha value is -5.00. The number of pyridine rings is 2. The van der Waals surface area contributed by atoms with Crippen molar-refractivity contribution in [1.29, 1.82) is 0 Å². The van der Waals surface area contributed by atoms with E-state index in [4.69, 9.17) is 4.42 Å². The molecule has 0 bridgehead atoms. The van der Waals surface area contributed by atoms with Crippen molar-refractivity contribution in [1.82, 2.24) is 9.97 Å².